The van der Waals surface area contributed by atoms with E-state index in [-0.39, 0.29) is 23.6 Å². The van der Waals surface area contributed by atoms with E-state index >= 15 is 0 Å². The number of nitrogens with zero attached hydrogens (tertiary/aromatic N) is 3. The zero-order valence-electron chi connectivity index (χ0n) is 22.6. The van der Waals surface area contributed by atoms with E-state index in [1.807, 2.05) is 25.1 Å². The summed E-state index contributed by atoms with van der Waals surface area (Å²) < 4.78 is 41.9. The Balaban J connectivity index is 1.46. The summed E-state index contributed by atoms with van der Waals surface area (Å²) in [5, 5.41) is 5.41. The number of carbonyl (C=O) groups excluding carboxylic acids is 2. The van der Waals surface area contributed by atoms with Gasteiger partial charge in [0.25, 0.3) is 5.91 Å². The minimum absolute atomic E-state index is 0.103. The molecule has 2 heterocycles. The molecule has 40 heavy (non-hydrogen) atoms. The first kappa shape index (κ1) is 29.0. The Morgan fingerprint density at radius 3 is 2.60 bits per heavy atom. The third-order valence-electron chi connectivity index (χ3n) is 6.91. The van der Waals surface area contributed by atoms with E-state index in [2.05, 4.69) is 20.5 Å². The van der Waals surface area contributed by atoms with E-state index in [9.17, 15) is 22.8 Å². The summed E-state index contributed by atoms with van der Waals surface area (Å²) in [7, 11) is 3.93. The van der Waals surface area contributed by atoms with E-state index in [0.29, 0.717) is 30.5 Å². The number of aryl methyl sites for hydroxylation is 1. The molecule has 10 heteroatoms. The van der Waals surface area contributed by atoms with Crippen molar-refractivity contribution in [3.05, 3.63) is 94.8 Å². The van der Waals surface area contributed by atoms with Crippen LogP contribution in [0.15, 0.2) is 67.0 Å². The number of amides is 2. The molecule has 1 aliphatic rings. The fourth-order valence-electron chi connectivity index (χ4n) is 4.60. The molecular weight excluding hydrogens is 519 g/mol. The van der Waals surface area contributed by atoms with Crippen molar-refractivity contribution in [2.45, 2.75) is 32.1 Å². The monoisotopic (exact) mass is 551 g/mol. The molecule has 1 saturated heterocycles. The molecule has 210 valence electrons. The third-order valence-corrected chi connectivity index (χ3v) is 6.91. The molecule has 0 spiro atoms. The van der Waals surface area contributed by atoms with Crippen molar-refractivity contribution in [3.63, 3.8) is 0 Å². The van der Waals surface area contributed by atoms with E-state index < -0.39 is 17.6 Å². The lowest BCUT2D eigenvalue weighted by Gasteiger charge is -2.22. The van der Waals surface area contributed by atoms with E-state index in [1.54, 1.807) is 49.7 Å². The van der Waals surface area contributed by atoms with Crippen LogP contribution in [-0.4, -0.2) is 59.8 Å². The molecule has 0 aliphatic carbocycles. The zero-order valence-corrected chi connectivity index (χ0v) is 22.6. The normalized spacial score (nSPS) is 16.0. The van der Waals surface area contributed by atoms with E-state index in [0.717, 1.165) is 23.6 Å². The number of likely N-dealkylation sites (N-methyl/N-ethyl adjacent to an activating group) is 1. The maximum atomic E-state index is 14.0. The van der Waals surface area contributed by atoms with Gasteiger partial charge in [0, 0.05) is 61.1 Å². The van der Waals surface area contributed by atoms with Gasteiger partial charge in [-0.25, -0.2) is 0 Å². The number of likely N-dealkylation sites (tertiary alicyclic amines) is 1. The van der Waals surface area contributed by atoms with Gasteiger partial charge in [-0.05, 0) is 80.5 Å². The highest BCUT2D eigenvalue weighted by Crippen LogP contribution is 2.34. The summed E-state index contributed by atoms with van der Waals surface area (Å²) in [4.78, 5) is 33.4. The smallest absolute Gasteiger partial charge is 0.322 e. The van der Waals surface area contributed by atoms with Gasteiger partial charge < -0.3 is 15.5 Å². The fraction of sp³-hybridized carbons (Fsp3) is 0.300. The molecule has 0 unspecified atom stereocenters. The molecule has 0 saturated carbocycles. The molecule has 1 aliphatic heterocycles. The summed E-state index contributed by atoms with van der Waals surface area (Å²) >= 11 is 0. The van der Waals surface area contributed by atoms with Crippen molar-refractivity contribution in [1.29, 1.82) is 0 Å². The lowest BCUT2D eigenvalue weighted by Crippen LogP contribution is -2.31. The summed E-state index contributed by atoms with van der Waals surface area (Å²) in [6.07, 6.45) is 2.54. The van der Waals surface area contributed by atoms with Crippen LogP contribution in [0.4, 0.5) is 24.5 Å². The number of hydrogen-bond donors (Lipinski definition) is 2. The van der Waals surface area contributed by atoms with E-state index in [4.69, 9.17) is 0 Å². The molecule has 1 fully saturated rings. The van der Waals surface area contributed by atoms with Gasteiger partial charge in [-0.15, -0.1) is 0 Å². The number of nitrogens with one attached hydrogen (secondary N) is 2. The number of benzene rings is 2. The minimum atomic E-state index is -4.60. The van der Waals surface area contributed by atoms with Gasteiger partial charge in [-0.3, -0.25) is 19.5 Å². The highest BCUT2D eigenvalue weighted by atomic mass is 19.4. The maximum absolute atomic E-state index is 14.0. The fourth-order valence-corrected chi connectivity index (χ4v) is 4.60. The SMILES string of the molecule is Cc1ccc(NC(=O)c2ccc(CN3CC[C@@H](N(C)C)C3)c(C(F)(F)F)c2)cc1NC(=O)C=Cc1cccnc1. The Morgan fingerprint density at radius 1 is 1.12 bits per heavy atom. The number of pyridine rings is 1. The second kappa shape index (κ2) is 12.4. The van der Waals surface area contributed by atoms with Crippen molar-refractivity contribution in [2.24, 2.45) is 0 Å². The lowest BCUT2D eigenvalue weighted by atomic mass is 10.0. The predicted molar refractivity (Wildman–Crippen MR) is 150 cm³/mol. The van der Waals surface area contributed by atoms with Crippen LogP contribution >= 0.6 is 0 Å². The summed E-state index contributed by atoms with van der Waals surface area (Å²) in [5.74, 6) is -1.06. The third kappa shape index (κ3) is 7.55. The number of halogens is 3. The van der Waals surface area contributed by atoms with Gasteiger partial charge in [-0.1, -0.05) is 18.2 Å². The quantitative estimate of drug-likeness (QED) is 0.364. The molecule has 3 aromatic rings. The van der Waals surface area contributed by atoms with Crippen LogP contribution in [0.3, 0.4) is 0 Å². The largest absolute Gasteiger partial charge is 0.416 e. The Hall–Kier alpha value is -4.02. The van der Waals surface area contributed by atoms with Gasteiger partial charge in [0.2, 0.25) is 5.91 Å². The highest BCUT2D eigenvalue weighted by molar-refractivity contribution is 6.06. The Morgan fingerprint density at radius 2 is 1.93 bits per heavy atom. The van der Waals surface area contributed by atoms with Crippen molar-refractivity contribution >= 4 is 29.3 Å². The number of hydrogen-bond acceptors (Lipinski definition) is 5. The first-order chi connectivity index (χ1) is 19.0. The van der Waals surface area contributed by atoms with Gasteiger partial charge in [0.05, 0.1) is 5.56 Å². The average molecular weight is 552 g/mol. The van der Waals surface area contributed by atoms with E-state index in [1.165, 1.54) is 18.2 Å². The predicted octanol–water partition coefficient (Wildman–Crippen LogP) is 5.45. The van der Waals surface area contributed by atoms with Crippen molar-refractivity contribution < 1.29 is 22.8 Å². The van der Waals surface area contributed by atoms with Crippen LogP contribution in [-0.2, 0) is 17.5 Å². The number of carbonyl (C=O) groups is 2. The minimum Gasteiger partial charge on any atom is -0.322 e. The Bertz CT molecular complexity index is 1390. The molecular formula is C30H32F3N5O2. The average Bonchev–Trinajstić information content (AvgIpc) is 3.38. The van der Waals surface area contributed by atoms with Crippen LogP contribution in [0.25, 0.3) is 6.08 Å². The second-order valence-electron chi connectivity index (χ2n) is 10.1. The number of rotatable bonds is 8. The Kier molecular flexibility index (Phi) is 9.01. The summed E-state index contributed by atoms with van der Waals surface area (Å²) in [6.45, 7) is 3.37. The first-order valence-electron chi connectivity index (χ1n) is 12.9. The molecule has 7 nitrogen and oxygen atoms in total. The molecule has 0 radical (unpaired) electrons. The molecule has 4 rings (SSSR count). The Labute approximate surface area is 231 Å². The molecule has 2 amide bonds. The molecule has 0 bridgehead atoms. The van der Waals surface area contributed by atoms with Crippen LogP contribution in [0.2, 0.25) is 0 Å². The maximum Gasteiger partial charge on any atom is 0.416 e. The number of aromatic nitrogens is 1. The highest BCUT2D eigenvalue weighted by Gasteiger charge is 2.35. The lowest BCUT2D eigenvalue weighted by molar-refractivity contribution is -0.138. The van der Waals surface area contributed by atoms with Gasteiger partial charge in [-0.2, -0.15) is 13.2 Å². The van der Waals surface area contributed by atoms with Gasteiger partial charge in [0.1, 0.15) is 0 Å². The molecule has 1 atom stereocenters. The van der Waals surface area contributed by atoms with Crippen molar-refractivity contribution in [1.82, 2.24) is 14.8 Å². The zero-order chi connectivity index (χ0) is 28.9. The van der Waals surface area contributed by atoms with Crippen LogP contribution in [0.1, 0.15) is 39.0 Å². The topological polar surface area (TPSA) is 77.6 Å². The van der Waals surface area contributed by atoms with Crippen LogP contribution < -0.4 is 10.6 Å². The van der Waals surface area contributed by atoms with Crippen molar-refractivity contribution in [2.75, 3.05) is 37.8 Å². The first-order valence-corrected chi connectivity index (χ1v) is 12.9. The van der Waals surface area contributed by atoms with Gasteiger partial charge in [0.15, 0.2) is 0 Å². The molecule has 1 aromatic heterocycles. The van der Waals surface area contributed by atoms with Gasteiger partial charge >= 0.3 is 6.18 Å². The number of anilines is 2. The standard InChI is InChI=1S/C30H32F3N5O2/c1-20-6-10-24(16-27(20)36-28(39)11-7-21-5-4-13-34-17-21)35-29(40)22-8-9-23(26(15-22)30(31,32)33)18-38-14-12-25(19-38)37(2)3/h4-11,13,15-17,25H,12,14,18-19H2,1-3H3,(H,35,40)(H,36,39)/t25-/m1/s1. The number of alkyl halides is 3. The summed E-state index contributed by atoms with van der Waals surface area (Å²) in [6, 6.07) is 12.5. The molecule has 2 aromatic carbocycles. The summed E-state index contributed by atoms with van der Waals surface area (Å²) in [5.41, 5.74) is 1.54. The molecule has 2 N–H and O–H groups in total. The van der Waals surface area contributed by atoms with Crippen LogP contribution in [0, 0.1) is 6.92 Å². The second-order valence-corrected chi connectivity index (χ2v) is 10.1. The van der Waals surface area contributed by atoms with Crippen molar-refractivity contribution in [3.8, 4) is 0 Å². The van der Waals surface area contributed by atoms with Crippen LogP contribution in [0.5, 0.6) is 0 Å².